The van der Waals surface area contributed by atoms with Crippen molar-refractivity contribution in [1.29, 1.82) is 0 Å². The summed E-state index contributed by atoms with van der Waals surface area (Å²) in [5.41, 5.74) is 1.56. The maximum atomic E-state index is 15.3. The van der Waals surface area contributed by atoms with Crippen molar-refractivity contribution in [2.45, 2.75) is 89.6 Å². The molecule has 0 amide bonds. The van der Waals surface area contributed by atoms with E-state index in [1.54, 1.807) is 30.7 Å². The molecule has 0 unspecified atom stereocenters. The van der Waals surface area contributed by atoms with Crippen LogP contribution in [0, 0.1) is 17.7 Å². The molecule has 210 valence electrons. The molecule has 1 aliphatic heterocycles. The maximum Gasteiger partial charge on any atom is 0.159 e. The van der Waals surface area contributed by atoms with Crippen LogP contribution in [0.4, 0.5) is 4.39 Å². The molecule has 1 aromatic carbocycles. The van der Waals surface area contributed by atoms with Crippen LogP contribution in [0.25, 0.3) is 22.0 Å². The van der Waals surface area contributed by atoms with Crippen molar-refractivity contribution in [2.24, 2.45) is 0 Å². The van der Waals surface area contributed by atoms with Crippen molar-refractivity contribution in [1.82, 2.24) is 19.2 Å². The lowest BCUT2D eigenvalue weighted by Crippen LogP contribution is -2.35. The van der Waals surface area contributed by atoms with Gasteiger partial charge in [0.15, 0.2) is 5.15 Å². The number of fused-ring (bicyclic) bond motifs is 1. The molecule has 0 atom stereocenters. The Morgan fingerprint density at radius 3 is 2.46 bits per heavy atom. The van der Waals surface area contributed by atoms with Gasteiger partial charge in [-0.1, -0.05) is 43.1 Å². The van der Waals surface area contributed by atoms with Gasteiger partial charge in [-0.05, 0) is 57.7 Å². The van der Waals surface area contributed by atoms with Gasteiger partial charge in [-0.2, -0.15) is 5.10 Å². The monoisotopic (exact) mass is 570 g/mol. The molecule has 6 nitrogen and oxygen atoms in total. The fourth-order valence-corrected chi connectivity index (χ4v) is 6.26. The second-order valence-corrected chi connectivity index (χ2v) is 18.8. The zero-order chi connectivity index (χ0) is 27.9. The third kappa shape index (κ3) is 6.95. The van der Waals surface area contributed by atoms with Crippen LogP contribution in [0.3, 0.4) is 0 Å². The summed E-state index contributed by atoms with van der Waals surface area (Å²) < 4.78 is 25.2. The van der Waals surface area contributed by atoms with Crippen LogP contribution in [0.15, 0.2) is 24.5 Å². The van der Waals surface area contributed by atoms with E-state index in [-0.39, 0.29) is 11.6 Å². The van der Waals surface area contributed by atoms with E-state index in [9.17, 15) is 5.11 Å². The number of benzene rings is 1. The summed E-state index contributed by atoms with van der Waals surface area (Å²) in [6, 6.07) is 5.49. The summed E-state index contributed by atoms with van der Waals surface area (Å²) in [6.45, 7) is 13.3. The zero-order valence-electron chi connectivity index (χ0n) is 23.7. The van der Waals surface area contributed by atoms with Crippen LogP contribution in [-0.2, 0) is 11.5 Å². The summed E-state index contributed by atoms with van der Waals surface area (Å²) in [6.07, 6.45) is 8.70. The van der Waals surface area contributed by atoms with E-state index >= 15 is 4.39 Å². The van der Waals surface area contributed by atoms with E-state index in [0.29, 0.717) is 18.5 Å². The lowest BCUT2D eigenvalue weighted by molar-refractivity contribution is 0.0786. The van der Waals surface area contributed by atoms with Crippen molar-refractivity contribution < 1.29 is 14.2 Å². The number of piperidine rings is 1. The minimum absolute atomic E-state index is 0.255. The molecule has 0 radical (unpaired) electrons. The van der Waals surface area contributed by atoms with E-state index in [1.165, 1.54) is 12.8 Å². The SMILES string of the molecule is CC(C)(O)C#Cc1cc2c(-c3cn(COCC[Si](C)(C)C)nc3Cl)cn(C3CCN(C4CC4)CC3)c2cc1F. The third-order valence-electron chi connectivity index (χ3n) is 7.61. The number of nitrogens with zero attached hydrogens (tertiary/aromatic N) is 4. The fourth-order valence-electron chi connectivity index (χ4n) is 5.25. The summed E-state index contributed by atoms with van der Waals surface area (Å²) in [5.74, 6) is 5.20. The molecular weight excluding hydrogens is 531 g/mol. The van der Waals surface area contributed by atoms with Gasteiger partial charge in [-0.25, -0.2) is 9.07 Å². The first-order valence-electron chi connectivity index (χ1n) is 14.0. The van der Waals surface area contributed by atoms with Gasteiger partial charge in [-0.15, -0.1) is 0 Å². The zero-order valence-corrected chi connectivity index (χ0v) is 25.5. The number of aliphatic hydroxyl groups is 1. The number of rotatable bonds is 8. The normalized spacial score (nSPS) is 17.5. The molecule has 0 bridgehead atoms. The summed E-state index contributed by atoms with van der Waals surface area (Å²) in [5, 5.41) is 15.9. The second-order valence-electron chi connectivity index (χ2n) is 12.8. The van der Waals surface area contributed by atoms with E-state index in [0.717, 1.165) is 60.0 Å². The Morgan fingerprint density at radius 1 is 1.10 bits per heavy atom. The van der Waals surface area contributed by atoms with Gasteiger partial charge in [0, 0.05) is 68.8 Å². The number of likely N-dealkylation sites (tertiary alicyclic amines) is 1. The minimum Gasteiger partial charge on any atom is -0.378 e. The third-order valence-corrected chi connectivity index (χ3v) is 9.59. The van der Waals surface area contributed by atoms with Gasteiger partial charge in [0.05, 0.1) is 11.1 Å². The molecule has 9 heteroatoms. The van der Waals surface area contributed by atoms with Gasteiger partial charge in [0.1, 0.15) is 18.1 Å². The first kappa shape index (κ1) is 28.4. The fraction of sp³-hybridized carbons (Fsp3) is 0.567. The number of hydrogen-bond donors (Lipinski definition) is 1. The standard InChI is InChI=1S/C30H40ClFN4O2Si/c1-30(2,37)11-8-21-16-24-25(26-18-35(33-29(26)31)20-38-14-15-39(3,4)5)19-36(28(24)17-27(21)32)23-9-12-34(13-10-23)22-6-7-22/h16-19,22-23,37H,6-7,9-10,12-15,20H2,1-5H3. The maximum absolute atomic E-state index is 15.3. The average molecular weight is 571 g/mol. The molecule has 2 aromatic heterocycles. The Bertz CT molecular complexity index is 1400. The Labute approximate surface area is 237 Å². The smallest absolute Gasteiger partial charge is 0.159 e. The van der Waals surface area contributed by atoms with Gasteiger partial charge < -0.3 is 19.3 Å². The number of halogens is 2. The van der Waals surface area contributed by atoms with Gasteiger partial charge in [0.2, 0.25) is 0 Å². The largest absolute Gasteiger partial charge is 0.378 e. The highest BCUT2D eigenvalue weighted by Gasteiger charge is 2.33. The second kappa shape index (κ2) is 11.0. The van der Waals surface area contributed by atoms with E-state index in [2.05, 4.69) is 52.2 Å². The van der Waals surface area contributed by atoms with Gasteiger partial charge >= 0.3 is 0 Å². The van der Waals surface area contributed by atoms with Crippen LogP contribution in [0.2, 0.25) is 30.8 Å². The molecule has 1 aliphatic carbocycles. The van der Waals surface area contributed by atoms with Crippen molar-refractivity contribution in [3.05, 3.63) is 41.1 Å². The van der Waals surface area contributed by atoms with Gasteiger partial charge in [0.25, 0.3) is 0 Å². The van der Waals surface area contributed by atoms with E-state index in [4.69, 9.17) is 16.3 Å². The Morgan fingerprint density at radius 2 is 1.82 bits per heavy atom. The van der Waals surface area contributed by atoms with Crippen molar-refractivity contribution in [3.8, 4) is 23.0 Å². The first-order chi connectivity index (χ1) is 18.4. The Balaban J connectivity index is 1.49. The Kier molecular flexibility index (Phi) is 8.02. The Hall–Kier alpha value is -2.15. The molecule has 1 saturated carbocycles. The molecule has 2 aliphatic rings. The average Bonchev–Trinajstić information content (AvgIpc) is 3.55. The first-order valence-corrected chi connectivity index (χ1v) is 18.1. The summed E-state index contributed by atoms with van der Waals surface area (Å²) in [7, 11) is -1.18. The van der Waals surface area contributed by atoms with Gasteiger partial charge in [-0.3, -0.25) is 0 Å². The molecular formula is C30H40ClFN4O2Si. The minimum atomic E-state index is -1.22. The molecule has 0 spiro atoms. The van der Waals surface area contributed by atoms with Crippen LogP contribution in [0.1, 0.15) is 51.1 Å². The van der Waals surface area contributed by atoms with Crippen molar-refractivity contribution in [3.63, 3.8) is 0 Å². The number of hydrogen-bond acceptors (Lipinski definition) is 4. The van der Waals surface area contributed by atoms with Crippen LogP contribution in [0.5, 0.6) is 0 Å². The highest BCUT2D eigenvalue weighted by Crippen LogP contribution is 2.40. The van der Waals surface area contributed by atoms with Crippen LogP contribution in [-0.4, -0.2) is 63.8 Å². The van der Waals surface area contributed by atoms with E-state index in [1.807, 2.05) is 6.20 Å². The lowest BCUT2D eigenvalue weighted by Gasteiger charge is -2.33. The number of ether oxygens (including phenoxy) is 1. The van der Waals surface area contributed by atoms with Crippen LogP contribution >= 0.6 is 11.6 Å². The molecule has 1 N–H and O–H groups in total. The van der Waals surface area contributed by atoms with Crippen molar-refractivity contribution in [2.75, 3.05) is 19.7 Å². The molecule has 2 fully saturated rings. The molecule has 3 heterocycles. The molecule has 5 rings (SSSR count). The van der Waals surface area contributed by atoms with Crippen LogP contribution < -0.4 is 0 Å². The summed E-state index contributed by atoms with van der Waals surface area (Å²) in [4.78, 5) is 2.59. The van der Waals surface area contributed by atoms with E-state index < -0.39 is 19.5 Å². The lowest BCUT2D eigenvalue weighted by atomic mass is 10.0. The molecule has 3 aromatic rings. The summed E-state index contributed by atoms with van der Waals surface area (Å²) >= 11 is 6.68. The topological polar surface area (TPSA) is 55.5 Å². The predicted molar refractivity (Wildman–Crippen MR) is 158 cm³/mol. The predicted octanol–water partition coefficient (Wildman–Crippen LogP) is 6.53. The highest BCUT2D eigenvalue weighted by atomic mass is 35.5. The molecule has 1 saturated heterocycles. The quantitative estimate of drug-likeness (QED) is 0.190. The number of aromatic nitrogens is 3. The molecule has 39 heavy (non-hydrogen) atoms. The highest BCUT2D eigenvalue weighted by molar-refractivity contribution is 6.76. The van der Waals surface area contributed by atoms with Crippen molar-refractivity contribution >= 4 is 30.6 Å².